The molecule has 0 unspecified atom stereocenters. The molecular weight excluding hydrogens is 456 g/mol. The predicted molar refractivity (Wildman–Crippen MR) is 142 cm³/mol. The second kappa shape index (κ2) is 9.28. The number of anilines is 1. The van der Waals surface area contributed by atoms with Crippen molar-refractivity contribution in [1.82, 2.24) is 9.13 Å². The number of fused-ring (bicyclic) bond motifs is 1. The zero-order valence-corrected chi connectivity index (χ0v) is 20.3. The fourth-order valence-electron chi connectivity index (χ4n) is 4.54. The first-order valence-corrected chi connectivity index (χ1v) is 11.8. The Morgan fingerprint density at radius 3 is 2.34 bits per heavy atom. The Hall–Kier alpha value is -4.09. The molecule has 2 N–H and O–H groups in total. The number of amides is 1. The van der Waals surface area contributed by atoms with Gasteiger partial charge in [0.05, 0.1) is 23.3 Å². The molecule has 5 aromatic rings. The van der Waals surface area contributed by atoms with Gasteiger partial charge in [-0.25, -0.2) is 0 Å². The monoisotopic (exact) mass is 480 g/mol. The van der Waals surface area contributed by atoms with Crippen LogP contribution in [-0.2, 0) is 11.3 Å². The average molecular weight is 481 g/mol. The maximum Gasteiger partial charge on any atom is 0.221 e. The van der Waals surface area contributed by atoms with Crippen LogP contribution in [0, 0.1) is 12.3 Å². The number of nitrogens with zero attached hydrogens (tertiary/aromatic N) is 2. The molecule has 0 fully saturated rings. The lowest BCUT2D eigenvalue weighted by molar-refractivity contribution is -0.114. The van der Waals surface area contributed by atoms with Crippen molar-refractivity contribution in [2.24, 2.45) is 0 Å². The van der Waals surface area contributed by atoms with Crippen LogP contribution in [0.3, 0.4) is 0 Å². The highest BCUT2D eigenvalue weighted by Gasteiger charge is 2.16. The molecule has 35 heavy (non-hydrogen) atoms. The summed E-state index contributed by atoms with van der Waals surface area (Å²) in [5, 5.41) is 12.7. The van der Waals surface area contributed by atoms with Gasteiger partial charge in [0.1, 0.15) is 0 Å². The first-order chi connectivity index (χ1) is 16.9. The number of imidazole rings is 1. The summed E-state index contributed by atoms with van der Waals surface area (Å²) in [4.78, 5) is 11.7. The molecule has 1 amide bonds. The van der Waals surface area contributed by atoms with Crippen molar-refractivity contribution < 1.29 is 4.79 Å². The Morgan fingerprint density at radius 2 is 1.60 bits per heavy atom. The third-order valence-corrected chi connectivity index (χ3v) is 6.52. The van der Waals surface area contributed by atoms with Crippen LogP contribution in [0.15, 0.2) is 91.0 Å². The lowest BCUT2D eigenvalue weighted by Gasteiger charge is -2.14. The standard InChI is InChI=1S/C29H25ClN4O/c1-19-17-21(23-10-4-6-12-25(23)32-20(2)35)15-16-26(19)34-28-14-8-7-13-27(28)33(29(34)31)18-22-9-3-5-11-24(22)30/h3-17,31H,18H2,1-2H3,(H,32,35). The minimum atomic E-state index is -0.105. The summed E-state index contributed by atoms with van der Waals surface area (Å²) in [6, 6.07) is 29.8. The van der Waals surface area contributed by atoms with Crippen molar-refractivity contribution in [1.29, 1.82) is 5.41 Å². The largest absolute Gasteiger partial charge is 0.326 e. The molecule has 1 aromatic heterocycles. The molecule has 0 bridgehead atoms. The first-order valence-electron chi connectivity index (χ1n) is 11.4. The molecule has 0 saturated heterocycles. The van der Waals surface area contributed by atoms with Crippen LogP contribution in [-0.4, -0.2) is 15.0 Å². The smallest absolute Gasteiger partial charge is 0.221 e. The average Bonchev–Trinajstić information content (AvgIpc) is 3.12. The molecule has 0 aliphatic rings. The van der Waals surface area contributed by atoms with E-state index in [0.717, 1.165) is 44.7 Å². The molecular formula is C29H25ClN4O. The van der Waals surface area contributed by atoms with Gasteiger partial charge in [0.25, 0.3) is 0 Å². The van der Waals surface area contributed by atoms with Crippen molar-refractivity contribution in [2.75, 3.05) is 5.32 Å². The number of rotatable bonds is 5. The third-order valence-electron chi connectivity index (χ3n) is 6.15. The number of aryl methyl sites for hydroxylation is 1. The number of halogens is 1. The highest BCUT2D eigenvalue weighted by molar-refractivity contribution is 6.31. The number of aromatic nitrogens is 2. The minimum Gasteiger partial charge on any atom is -0.326 e. The molecule has 0 atom stereocenters. The molecule has 0 aliphatic heterocycles. The van der Waals surface area contributed by atoms with E-state index in [4.69, 9.17) is 17.0 Å². The Kier molecular flexibility index (Phi) is 6.01. The number of para-hydroxylation sites is 3. The molecule has 0 spiro atoms. The van der Waals surface area contributed by atoms with Gasteiger partial charge in [-0.3, -0.25) is 14.8 Å². The van der Waals surface area contributed by atoms with Crippen LogP contribution < -0.4 is 10.9 Å². The van der Waals surface area contributed by atoms with Gasteiger partial charge in [-0.15, -0.1) is 0 Å². The van der Waals surface area contributed by atoms with E-state index >= 15 is 0 Å². The van der Waals surface area contributed by atoms with Gasteiger partial charge in [0, 0.05) is 23.2 Å². The van der Waals surface area contributed by atoms with E-state index < -0.39 is 0 Å². The van der Waals surface area contributed by atoms with Crippen LogP contribution in [0.25, 0.3) is 27.8 Å². The van der Waals surface area contributed by atoms with Gasteiger partial charge in [0.15, 0.2) is 0 Å². The number of benzene rings is 4. The topological polar surface area (TPSA) is 62.8 Å². The fraction of sp³-hybridized carbons (Fsp3) is 0.103. The van der Waals surface area contributed by atoms with Gasteiger partial charge < -0.3 is 9.88 Å². The van der Waals surface area contributed by atoms with Gasteiger partial charge >= 0.3 is 0 Å². The molecule has 6 heteroatoms. The molecule has 4 aromatic carbocycles. The van der Waals surface area contributed by atoms with Crippen LogP contribution in [0.2, 0.25) is 5.02 Å². The SMILES string of the molecule is CC(=O)Nc1ccccc1-c1ccc(-n2c(=N)n(Cc3ccccc3Cl)c3ccccc32)c(C)c1. The van der Waals surface area contributed by atoms with Gasteiger partial charge in [-0.2, -0.15) is 0 Å². The van der Waals surface area contributed by atoms with E-state index in [2.05, 4.69) is 11.4 Å². The zero-order valence-electron chi connectivity index (χ0n) is 19.5. The van der Waals surface area contributed by atoms with Crippen LogP contribution in [0.1, 0.15) is 18.1 Å². The first kappa shape index (κ1) is 22.7. The van der Waals surface area contributed by atoms with Crippen molar-refractivity contribution >= 4 is 34.2 Å². The van der Waals surface area contributed by atoms with Crippen LogP contribution >= 0.6 is 11.6 Å². The minimum absolute atomic E-state index is 0.105. The lowest BCUT2D eigenvalue weighted by Crippen LogP contribution is -2.24. The summed E-state index contributed by atoms with van der Waals surface area (Å²) in [6.07, 6.45) is 0. The molecule has 0 radical (unpaired) electrons. The third kappa shape index (κ3) is 4.27. The Labute approximate surface area is 208 Å². The van der Waals surface area contributed by atoms with Crippen LogP contribution in [0.4, 0.5) is 5.69 Å². The number of nitrogens with one attached hydrogen (secondary N) is 2. The number of carbonyl (C=O) groups is 1. The molecule has 1 heterocycles. The highest BCUT2D eigenvalue weighted by atomic mass is 35.5. The molecule has 5 rings (SSSR count). The van der Waals surface area contributed by atoms with E-state index in [0.29, 0.717) is 17.2 Å². The highest BCUT2D eigenvalue weighted by Crippen LogP contribution is 2.31. The summed E-state index contributed by atoms with van der Waals surface area (Å²) in [7, 11) is 0. The number of carbonyl (C=O) groups excluding carboxylic acids is 1. The normalized spacial score (nSPS) is 11.1. The van der Waals surface area contributed by atoms with Gasteiger partial charge in [0.2, 0.25) is 11.5 Å². The number of hydrogen-bond donors (Lipinski definition) is 2. The fourth-order valence-corrected chi connectivity index (χ4v) is 4.73. The molecule has 5 nitrogen and oxygen atoms in total. The van der Waals surface area contributed by atoms with Crippen molar-refractivity contribution in [2.45, 2.75) is 20.4 Å². The Bertz CT molecular complexity index is 1630. The summed E-state index contributed by atoms with van der Waals surface area (Å²) in [5.41, 5.74) is 7.97. The summed E-state index contributed by atoms with van der Waals surface area (Å²) >= 11 is 6.44. The Morgan fingerprint density at radius 1 is 0.914 bits per heavy atom. The maximum atomic E-state index is 11.7. The summed E-state index contributed by atoms with van der Waals surface area (Å²) in [5.74, 6) is -0.105. The van der Waals surface area contributed by atoms with Gasteiger partial charge in [-0.05, 0) is 60.0 Å². The van der Waals surface area contributed by atoms with E-state index in [1.54, 1.807) is 0 Å². The Balaban J connectivity index is 1.63. The zero-order chi connectivity index (χ0) is 24.5. The van der Waals surface area contributed by atoms with E-state index in [1.807, 2.05) is 101 Å². The quantitative estimate of drug-likeness (QED) is 0.294. The van der Waals surface area contributed by atoms with E-state index in [9.17, 15) is 4.79 Å². The molecule has 174 valence electrons. The molecule has 0 aliphatic carbocycles. The van der Waals surface area contributed by atoms with Gasteiger partial charge in [-0.1, -0.05) is 66.2 Å². The van der Waals surface area contributed by atoms with E-state index in [1.165, 1.54) is 6.92 Å². The van der Waals surface area contributed by atoms with E-state index in [-0.39, 0.29) is 5.91 Å². The number of hydrogen-bond acceptors (Lipinski definition) is 2. The second-order valence-corrected chi connectivity index (χ2v) is 8.96. The maximum absolute atomic E-state index is 11.7. The van der Waals surface area contributed by atoms with Crippen LogP contribution in [0.5, 0.6) is 0 Å². The second-order valence-electron chi connectivity index (χ2n) is 8.55. The van der Waals surface area contributed by atoms with Crippen molar-refractivity contribution in [3.63, 3.8) is 0 Å². The summed E-state index contributed by atoms with van der Waals surface area (Å²) in [6.45, 7) is 4.07. The summed E-state index contributed by atoms with van der Waals surface area (Å²) < 4.78 is 3.96. The van der Waals surface area contributed by atoms with Crippen molar-refractivity contribution in [3.05, 3.63) is 113 Å². The molecule has 0 saturated carbocycles. The lowest BCUT2D eigenvalue weighted by atomic mass is 10.0. The van der Waals surface area contributed by atoms with Crippen molar-refractivity contribution in [3.8, 4) is 16.8 Å². The predicted octanol–water partition coefficient (Wildman–Crippen LogP) is 6.55.